The average molecular weight is 337 g/mol. The van der Waals surface area contributed by atoms with E-state index in [0.29, 0.717) is 0 Å². The Morgan fingerprint density at radius 2 is 0.667 bits per heavy atom. The van der Waals surface area contributed by atoms with Crippen molar-refractivity contribution < 1.29 is 9.59 Å². The van der Waals surface area contributed by atoms with Gasteiger partial charge in [0.25, 0.3) is 0 Å². The molecule has 140 valence electrons. The fourth-order valence-electron chi connectivity index (χ4n) is 7.49. The van der Waals surface area contributed by atoms with Gasteiger partial charge >= 0.3 is 0 Å². The van der Waals surface area contributed by atoms with E-state index in [1.54, 1.807) is 0 Å². The van der Waals surface area contributed by atoms with Crippen LogP contribution in [0.25, 0.3) is 0 Å². The number of hydrogen-bond acceptors (Lipinski definition) is 2. The van der Waals surface area contributed by atoms with Gasteiger partial charge in [-0.3, -0.25) is 9.59 Å². The number of rotatable bonds is 8. The molecular formula is C22H40O2. The van der Waals surface area contributed by atoms with Gasteiger partial charge < -0.3 is 0 Å². The molecule has 1 fully saturated rings. The van der Waals surface area contributed by atoms with Crippen molar-refractivity contribution in [3.63, 3.8) is 0 Å². The van der Waals surface area contributed by atoms with Gasteiger partial charge in [0, 0.05) is 10.8 Å². The molecule has 2 heteroatoms. The highest BCUT2D eigenvalue weighted by molar-refractivity contribution is 6.42. The molecule has 0 atom stereocenters. The van der Waals surface area contributed by atoms with Crippen LogP contribution in [-0.2, 0) is 9.59 Å². The minimum atomic E-state index is -0.493. The predicted molar refractivity (Wildman–Crippen MR) is 102 cm³/mol. The standard InChI is InChI=1S/C22H40O2/c1-9-19(10-2)17(23)18(24)20(11-3,12-4)22(15-7,16-8)21(19,13-5)14-6/h9-16H2,1-8H3. The fourth-order valence-corrected chi connectivity index (χ4v) is 7.49. The summed E-state index contributed by atoms with van der Waals surface area (Å²) in [6.45, 7) is 17.5. The molecular weight excluding hydrogens is 296 g/mol. The quantitative estimate of drug-likeness (QED) is 0.483. The maximum atomic E-state index is 13.5. The smallest absolute Gasteiger partial charge is 0.205 e. The van der Waals surface area contributed by atoms with Gasteiger partial charge in [0.2, 0.25) is 11.6 Å². The van der Waals surface area contributed by atoms with E-state index in [9.17, 15) is 9.59 Å². The molecule has 0 unspecified atom stereocenters. The minimum Gasteiger partial charge on any atom is -0.290 e. The zero-order chi connectivity index (χ0) is 18.8. The van der Waals surface area contributed by atoms with Gasteiger partial charge in [-0.1, -0.05) is 55.4 Å². The molecule has 0 heterocycles. The van der Waals surface area contributed by atoms with E-state index in [2.05, 4.69) is 55.4 Å². The Labute approximate surface area is 150 Å². The third-order valence-electron chi connectivity index (χ3n) is 8.65. The lowest BCUT2D eigenvalue weighted by Gasteiger charge is -2.69. The zero-order valence-electron chi connectivity index (χ0n) is 17.5. The minimum absolute atomic E-state index is 0.0579. The first kappa shape index (κ1) is 21.4. The Kier molecular flexibility index (Phi) is 6.50. The molecule has 24 heavy (non-hydrogen) atoms. The SMILES string of the molecule is CCC1(CC)C(=O)C(=O)C(CC)(CC)C(CC)(CC)C1(CC)CC. The topological polar surface area (TPSA) is 34.1 Å². The molecule has 1 aliphatic carbocycles. The van der Waals surface area contributed by atoms with E-state index < -0.39 is 10.8 Å². The average Bonchev–Trinajstić information content (AvgIpc) is 2.63. The van der Waals surface area contributed by atoms with Crippen LogP contribution in [0.2, 0.25) is 0 Å². The second-order valence-corrected chi connectivity index (χ2v) is 7.82. The first-order valence-electron chi connectivity index (χ1n) is 10.4. The van der Waals surface area contributed by atoms with Crippen molar-refractivity contribution in [2.75, 3.05) is 0 Å². The maximum Gasteiger partial charge on any atom is 0.205 e. The summed E-state index contributed by atoms with van der Waals surface area (Å²) in [4.78, 5) is 27.1. The second kappa shape index (κ2) is 7.30. The highest BCUT2D eigenvalue weighted by atomic mass is 16.2. The molecule has 0 spiro atoms. The first-order valence-corrected chi connectivity index (χ1v) is 10.4. The molecule has 1 saturated carbocycles. The molecule has 0 N–H and O–H groups in total. The molecule has 0 aromatic rings. The Hall–Kier alpha value is -0.660. The second-order valence-electron chi connectivity index (χ2n) is 7.82. The number of Topliss-reactive ketones (excluding diaryl/α,β-unsaturated/α-hetero) is 2. The summed E-state index contributed by atoms with van der Waals surface area (Å²) in [6, 6.07) is 0. The highest BCUT2D eigenvalue weighted by Crippen LogP contribution is 2.73. The van der Waals surface area contributed by atoms with E-state index in [-0.39, 0.29) is 22.4 Å². The molecule has 0 amide bonds. The summed E-state index contributed by atoms with van der Waals surface area (Å²) in [5.41, 5.74) is -1.17. The largest absolute Gasteiger partial charge is 0.290 e. The Balaban J connectivity index is 4.04. The predicted octanol–water partition coefficient (Wildman–Crippen LogP) is 6.36. The summed E-state index contributed by atoms with van der Waals surface area (Å²) in [6.07, 6.45) is 7.03. The lowest BCUT2D eigenvalue weighted by molar-refractivity contribution is -0.212. The molecule has 0 aromatic heterocycles. The van der Waals surface area contributed by atoms with Gasteiger partial charge in [-0.15, -0.1) is 0 Å². The van der Waals surface area contributed by atoms with Crippen molar-refractivity contribution in [2.24, 2.45) is 21.7 Å². The third-order valence-corrected chi connectivity index (χ3v) is 8.65. The molecule has 0 saturated heterocycles. The van der Waals surface area contributed by atoms with Gasteiger partial charge in [-0.2, -0.15) is 0 Å². The van der Waals surface area contributed by atoms with E-state index in [1.807, 2.05) is 0 Å². The van der Waals surface area contributed by atoms with Crippen molar-refractivity contribution in [1.29, 1.82) is 0 Å². The summed E-state index contributed by atoms with van der Waals surface area (Å²) in [5, 5.41) is 0. The van der Waals surface area contributed by atoms with Crippen molar-refractivity contribution in [2.45, 2.75) is 107 Å². The molecule has 0 aliphatic heterocycles. The Morgan fingerprint density at radius 1 is 0.458 bits per heavy atom. The summed E-state index contributed by atoms with van der Waals surface area (Å²) < 4.78 is 0. The molecule has 1 rings (SSSR count). The molecule has 0 aromatic carbocycles. The normalized spacial score (nSPS) is 24.2. The van der Waals surface area contributed by atoms with Crippen molar-refractivity contribution in [3.05, 3.63) is 0 Å². The molecule has 2 nitrogen and oxygen atoms in total. The van der Waals surface area contributed by atoms with Gasteiger partial charge in [-0.05, 0) is 62.2 Å². The van der Waals surface area contributed by atoms with Crippen LogP contribution in [0, 0.1) is 21.7 Å². The van der Waals surface area contributed by atoms with E-state index >= 15 is 0 Å². The number of hydrogen-bond donors (Lipinski definition) is 0. The van der Waals surface area contributed by atoms with Crippen LogP contribution in [0.3, 0.4) is 0 Å². The Bertz CT molecular complexity index is 414. The fraction of sp³-hybridized carbons (Fsp3) is 0.909. The first-order chi connectivity index (χ1) is 11.3. The van der Waals surface area contributed by atoms with Crippen molar-refractivity contribution in [3.8, 4) is 0 Å². The Morgan fingerprint density at radius 3 is 0.792 bits per heavy atom. The van der Waals surface area contributed by atoms with Crippen LogP contribution >= 0.6 is 0 Å². The van der Waals surface area contributed by atoms with Crippen molar-refractivity contribution in [1.82, 2.24) is 0 Å². The van der Waals surface area contributed by atoms with E-state index in [1.165, 1.54) is 0 Å². The van der Waals surface area contributed by atoms with Gasteiger partial charge in [0.1, 0.15) is 0 Å². The van der Waals surface area contributed by atoms with Crippen LogP contribution in [0.1, 0.15) is 107 Å². The summed E-state index contributed by atoms with van der Waals surface area (Å²) in [7, 11) is 0. The van der Waals surface area contributed by atoms with E-state index in [0.717, 1.165) is 51.4 Å². The van der Waals surface area contributed by atoms with Crippen LogP contribution in [0.4, 0.5) is 0 Å². The molecule has 0 radical (unpaired) electrons. The van der Waals surface area contributed by atoms with Gasteiger partial charge in [0.15, 0.2) is 0 Å². The molecule has 0 bridgehead atoms. The lowest BCUT2D eigenvalue weighted by Crippen LogP contribution is -2.71. The van der Waals surface area contributed by atoms with Crippen LogP contribution in [-0.4, -0.2) is 11.6 Å². The van der Waals surface area contributed by atoms with Crippen molar-refractivity contribution >= 4 is 11.6 Å². The van der Waals surface area contributed by atoms with Crippen LogP contribution < -0.4 is 0 Å². The zero-order valence-corrected chi connectivity index (χ0v) is 17.5. The highest BCUT2D eigenvalue weighted by Gasteiger charge is 2.73. The maximum absolute atomic E-state index is 13.5. The number of ketones is 2. The monoisotopic (exact) mass is 336 g/mol. The third kappa shape index (κ3) is 2.01. The summed E-state index contributed by atoms with van der Waals surface area (Å²) >= 11 is 0. The van der Waals surface area contributed by atoms with Gasteiger partial charge in [0.05, 0.1) is 0 Å². The number of carbonyl (C=O) groups is 2. The summed E-state index contributed by atoms with van der Waals surface area (Å²) in [5.74, 6) is -0.116. The van der Waals surface area contributed by atoms with E-state index in [4.69, 9.17) is 0 Å². The number of carbonyl (C=O) groups excluding carboxylic acids is 2. The van der Waals surface area contributed by atoms with Crippen LogP contribution in [0.15, 0.2) is 0 Å². The van der Waals surface area contributed by atoms with Gasteiger partial charge in [-0.25, -0.2) is 0 Å². The lowest BCUT2D eigenvalue weighted by atomic mass is 9.32. The van der Waals surface area contributed by atoms with Crippen LogP contribution in [0.5, 0.6) is 0 Å². The molecule has 1 aliphatic rings.